The van der Waals surface area contributed by atoms with Crippen molar-refractivity contribution in [1.29, 1.82) is 0 Å². The number of hydrogen-bond acceptors (Lipinski definition) is 5. The van der Waals surface area contributed by atoms with Gasteiger partial charge in [0, 0.05) is 30.6 Å². The molecule has 21 heavy (non-hydrogen) atoms. The third-order valence-electron chi connectivity index (χ3n) is 3.18. The van der Waals surface area contributed by atoms with Crippen LogP contribution in [0.3, 0.4) is 0 Å². The summed E-state index contributed by atoms with van der Waals surface area (Å²) < 4.78 is 32.6. The molecule has 0 aliphatic heterocycles. The standard InChI is InChI=1S/C14H24N2O3S2/c1-11(2)15-9-13-5-6-14(20-13)21(17,18)16-7-8-19-10-12-3-4-12/h5-6,11-12,15-16H,3-4,7-10H2,1-2H3. The Hall–Kier alpha value is -0.470. The minimum absolute atomic E-state index is 0.326. The van der Waals surface area contributed by atoms with Gasteiger partial charge in [-0.3, -0.25) is 0 Å². The molecule has 0 bridgehead atoms. The molecule has 0 amide bonds. The first-order chi connectivity index (χ1) is 9.97. The lowest BCUT2D eigenvalue weighted by atomic mass is 10.4. The zero-order chi connectivity index (χ0) is 15.3. The van der Waals surface area contributed by atoms with E-state index in [1.54, 1.807) is 6.07 Å². The third kappa shape index (κ3) is 6.04. The molecule has 120 valence electrons. The van der Waals surface area contributed by atoms with E-state index >= 15 is 0 Å². The molecule has 1 aromatic rings. The van der Waals surface area contributed by atoms with Crippen LogP contribution in [0.15, 0.2) is 16.3 Å². The first-order valence-electron chi connectivity index (χ1n) is 7.37. The van der Waals surface area contributed by atoms with E-state index in [1.165, 1.54) is 24.2 Å². The van der Waals surface area contributed by atoms with E-state index in [2.05, 4.69) is 23.9 Å². The van der Waals surface area contributed by atoms with Crippen molar-refractivity contribution in [2.45, 2.75) is 43.5 Å². The van der Waals surface area contributed by atoms with E-state index in [-0.39, 0.29) is 0 Å². The Balaban J connectivity index is 1.75. The van der Waals surface area contributed by atoms with Crippen LogP contribution in [0.25, 0.3) is 0 Å². The summed E-state index contributed by atoms with van der Waals surface area (Å²) in [5, 5.41) is 3.28. The van der Waals surface area contributed by atoms with E-state index < -0.39 is 10.0 Å². The Morgan fingerprint density at radius 2 is 2.14 bits per heavy atom. The molecule has 0 aromatic carbocycles. The van der Waals surface area contributed by atoms with E-state index in [0.717, 1.165) is 11.5 Å². The van der Waals surface area contributed by atoms with Crippen LogP contribution in [0.1, 0.15) is 31.6 Å². The summed E-state index contributed by atoms with van der Waals surface area (Å²) in [6.45, 7) is 6.34. The lowest BCUT2D eigenvalue weighted by Gasteiger charge is -2.06. The molecule has 1 heterocycles. The highest BCUT2D eigenvalue weighted by Crippen LogP contribution is 2.28. The van der Waals surface area contributed by atoms with Crippen molar-refractivity contribution in [1.82, 2.24) is 10.0 Å². The highest BCUT2D eigenvalue weighted by atomic mass is 32.2. The Morgan fingerprint density at radius 1 is 1.38 bits per heavy atom. The predicted molar refractivity (Wildman–Crippen MR) is 85.0 cm³/mol. The van der Waals surface area contributed by atoms with E-state index in [1.807, 2.05) is 6.07 Å². The molecule has 0 radical (unpaired) electrons. The molecule has 1 saturated carbocycles. The molecule has 2 N–H and O–H groups in total. The van der Waals surface area contributed by atoms with Gasteiger partial charge in [0.05, 0.1) is 6.61 Å². The lowest BCUT2D eigenvalue weighted by molar-refractivity contribution is 0.129. The topological polar surface area (TPSA) is 67.4 Å². The molecule has 1 fully saturated rings. The van der Waals surface area contributed by atoms with Gasteiger partial charge in [-0.05, 0) is 30.9 Å². The maximum absolute atomic E-state index is 12.1. The predicted octanol–water partition coefficient (Wildman–Crippen LogP) is 1.95. The van der Waals surface area contributed by atoms with Gasteiger partial charge >= 0.3 is 0 Å². The van der Waals surface area contributed by atoms with Crippen molar-refractivity contribution in [2.24, 2.45) is 5.92 Å². The van der Waals surface area contributed by atoms with Gasteiger partial charge in [-0.15, -0.1) is 11.3 Å². The van der Waals surface area contributed by atoms with Gasteiger partial charge in [0.1, 0.15) is 4.21 Å². The third-order valence-corrected chi connectivity index (χ3v) is 6.21. The molecule has 0 unspecified atom stereocenters. The molecule has 2 rings (SSSR count). The Labute approximate surface area is 131 Å². The molecule has 0 atom stereocenters. The van der Waals surface area contributed by atoms with Crippen LogP contribution < -0.4 is 10.0 Å². The fourth-order valence-corrected chi connectivity index (χ4v) is 4.12. The van der Waals surface area contributed by atoms with Gasteiger partial charge in [-0.1, -0.05) is 13.8 Å². The quantitative estimate of drug-likeness (QED) is 0.643. The monoisotopic (exact) mass is 332 g/mol. The van der Waals surface area contributed by atoms with Gasteiger partial charge < -0.3 is 10.1 Å². The van der Waals surface area contributed by atoms with Crippen molar-refractivity contribution in [3.63, 3.8) is 0 Å². The Morgan fingerprint density at radius 3 is 2.81 bits per heavy atom. The zero-order valence-corrected chi connectivity index (χ0v) is 14.2. The second kappa shape index (κ2) is 7.69. The number of ether oxygens (including phenoxy) is 1. The van der Waals surface area contributed by atoms with Crippen LogP contribution in [-0.2, 0) is 21.3 Å². The summed E-state index contributed by atoms with van der Waals surface area (Å²) in [6, 6.07) is 3.90. The van der Waals surface area contributed by atoms with Crippen LogP contribution in [0.4, 0.5) is 0 Å². The first-order valence-corrected chi connectivity index (χ1v) is 9.67. The fourth-order valence-electron chi connectivity index (χ4n) is 1.76. The maximum atomic E-state index is 12.1. The normalized spacial score (nSPS) is 15.8. The summed E-state index contributed by atoms with van der Waals surface area (Å²) in [5.74, 6) is 0.704. The highest BCUT2D eigenvalue weighted by molar-refractivity contribution is 7.91. The van der Waals surface area contributed by atoms with Crippen molar-refractivity contribution in [3.8, 4) is 0 Å². The van der Waals surface area contributed by atoms with Crippen LogP contribution in [0.2, 0.25) is 0 Å². The number of thiophene rings is 1. The molecule has 1 aliphatic carbocycles. The second-order valence-corrected chi connectivity index (χ2v) is 8.83. The Kier molecular flexibility index (Phi) is 6.19. The van der Waals surface area contributed by atoms with Crippen LogP contribution in [-0.4, -0.2) is 34.2 Å². The average Bonchev–Trinajstić information content (AvgIpc) is 3.11. The van der Waals surface area contributed by atoms with Gasteiger partial charge in [-0.2, -0.15) is 0 Å². The minimum atomic E-state index is -3.40. The molecule has 7 heteroatoms. The fraction of sp³-hybridized carbons (Fsp3) is 0.714. The van der Waals surface area contributed by atoms with Crippen molar-refractivity contribution >= 4 is 21.4 Å². The smallest absolute Gasteiger partial charge is 0.250 e. The molecule has 1 aromatic heterocycles. The van der Waals surface area contributed by atoms with Crippen molar-refractivity contribution in [2.75, 3.05) is 19.8 Å². The summed E-state index contributed by atoms with van der Waals surface area (Å²) in [7, 11) is -3.40. The maximum Gasteiger partial charge on any atom is 0.250 e. The van der Waals surface area contributed by atoms with Crippen LogP contribution in [0.5, 0.6) is 0 Å². The van der Waals surface area contributed by atoms with E-state index in [9.17, 15) is 8.42 Å². The molecule has 1 aliphatic rings. The lowest BCUT2D eigenvalue weighted by Crippen LogP contribution is -2.27. The molecular weight excluding hydrogens is 308 g/mol. The SMILES string of the molecule is CC(C)NCc1ccc(S(=O)(=O)NCCOCC2CC2)s1. The van der Waals surface area contributed by atoms with E-state index in [4.69, 9.17) is 4.74 Å². The first kappa shape index (κ1) is 16.9. The van der Waals surface area contributed by atoms with Crippen molar-refractivity contribution < 1.29 is 13.2 Å². The Bertz CT molecular complexity index is 536. The average molecular weight is 332 g/mol. The van der Waals surface area contributed by atoms with Gasteiger partial charge in [0.25, 0.3) is 0 Å². The molecule has 0 spiro atoms. The summed E-state index contributed by atoms with van der Waals surface area (Å²) in [4.78, 5) is 1.02. The zero-order valence-electron chi connectivity index (χ0n) is 12.6. The van der Waals surface area contributed by atoms with Gasteiger partial charge in [0.15, 0.2) is 0 Å². The summed E-state index contributed by atoms with van der Waals surface area (Å²) in [5.41, 5.74) is 0. The molecular formula is C14H24N2O3S2. The highest BCUT2D eigenvalue weighted by Gasteiger charge is 2.21. The number of sulfonamides is 1. The van der Waals surface area contributed by atoms with Crippen LogP contribution in [0, 0.1) is 5.92 Å². The van der Waals surface area contributed by atoms with E-state index in [0.29, 0.717) is 35.9 Å². The van der Waals surface area contributed by atoms with Gasteiger partial charge in [0.2, 0.25) is 10.0 Å². The number of nitrogens with one attached hydrogen (secondary N) is 2. The molecule has 0 saturated heterocycles. The summed E-state index contributed by atoms with van der Waals surface area (Å²) >= 11 is 1.31. The van der Waals surface area contributed by atoms with Crippen molar-refractivity contribution in [3.05, 3.63) is 17.0 Å². The van der Waals surface area contributed by atoms with Crippen LogP contribution >= 0.6 is 11.3 Å². The second-order valence-electron chi connectivity index (χ2n) is 5.67. The molecule has 5 nitrogen and oxygen atoms in total. The van der Waals surface area contributed by atoms with Gasteiger partial charge in [-0.25, -0.2) is 13.1 Å². The largest absolute Gasteiger partial charge is 0.380 e. The minimum Gasteiger partial charge on any atom is -0.380 e. The summed E-state index contributed by atoms with van der Waals surface area (Å²) in [6.07, 6.45) is 2.49. The number of hydrogen-bond donors (Lipinski definition) is 2. The number of rotatable bonds is 10.